The number of ether oxygens (including phenoxy) is 1. The Balaban J connectivity index is 2.16. The predicted molar refractivity (Wildman–Crippen MR) is 75.8 cm³/mol. The number of anilines is 1. The highest BCUT2D eigenvalue weighted by Crippen LogP contribution is 2.23. The van der Waals surface area contributed by atoms with Crippen molar-refractivity contribution in [3.8, 4) is 0 Å². The summed E-state index contributed by atoms with van der Waals surface area (Å²) < 4.78 is 27.3. The van der Waals surface area contributed by atoms with Gasteiger partial charge in [-0.1, -0.05) is 0 Å². The summed E-state index contributed by atoms with van der Waals surface area (Å²) in [5, 5.41) is 45.6. The van der Waals surface area contributed by atoms with Gasteiger partial charge in [-0.25, -0.2) is 18.4 Å². The lowest BCUT2D eigenvalue weighted by atomic mass is 9.98. The smallest absolute Gasteiger partial charge is 0.335 e. The van der Waals surface area contributed by atoms with Gasteiger partial charge in [-0.05, 0) is 24.3 Å². The summed E-state index contributed by atoms with van der Waals surface area (Å²) in [7, 11) is -3.86. The van der Waals surface area contributed by atoms with Crippen molar-refractivity contribution in [2.45, 2.75) is 35.5 Å². The van der Waals surface area contributed by atoms with Crippen molar-refractivity contribution in [2.24, 2.45) is 5.14 Å². The molecular formula is C12H16N2O8S. The Labute approximate surface area is 131 Å². The van der Waals surface area contributed by atoms with E-state index in [-0.39, 0.29) is 10.6 Å². The zero-order valence-corrected chi connectivity index (χ0v) is 12.4. The molecule has 10 nitrogen and oxygen atoms in total. The average Bonchev–Trinajstić information content (AvgIpc) is 2.47. The lowest BCUT2D eigenvalue weighted by molar-refractivity contribution is -0.221. The molecule has 1 fully saturated rings. The average molecular weight is 348 g/mol. The minimum atomic E-state index is -3.86. The van der Waals surface area contributed by atoms with Crippen molar-refractivity contribution in [1.29, 1.82) is 0 Å². The number of primary sulfonamides is 1. The predicted octanol–water partition coefficient (Wildman–Crippen LogP) is -2.36. The third kappa shape index (κ3) is 3.77. The molecule has 1 saturated heterocycles. The van der Waals surface area contributed by atoms with Crippen molar-refractivity contribution >= 4 is 21.7 Å². The van der Waals surface area contributed by atoms with E-state index in [0.29, 0.717) is 0 Å². The van der Waals surface area contributed by atoms with E-state index in [4.69, 9.17) is 15.0 Å². The van der Waals surface area contributed by atoms with Crippen molar-refractivity contribution in [1.82, 2.24) is 0 Å². The minimum Gasteiger partial charge on any atom is -0.479 e. The maximum Gasteiger partial charge on any atom is 0.335 e. The Morgan fingerprint density at radius 2 is 1.65 bits per heavy atom. The third-order valence-electron chi connectivity index (χ3n) is 3.35. The van der Waals surface area contributed by atoms with Gasteiger partial charge in [-0.2, -0.15) is 0 Å². The van der Waals surface area contributed by atoms with Crippen LogP contribution < -0.4 is 10.5 Å². The number of hydrogen-bond donors (Lipinski definition) is 6. The number of nitrogens with one attached hydrogen (secondary N) is 1. The fourth-order valence-corrected chi connectivity index (χ4v) is 2.62. The number of aliphatic carboxylic acids is 1. The second-order valence-corrected chi connectivity index (χ2v) is 6.56. The van der Waals surface area contributed by atoms with Gasteiger partial charge in [-0.3, -0.25) is 0 Å². The number of aliphatic hydroxyl groups is 3. The van der Waals surface area contributed by atoms with Crippen LogP contribution in [0, 0.1) is 0 Å². The fourth-order valence-electron chi connectivity index (χ4n) is 2.11. The molecule has 2 rings (SSSR count). The molecule has 0 spiro atoms. The molecule has 0 amide bonds. The molecule has 1 aromatic carbocycles. The Morgan fingerprint density at radius 3 is 2.13 bits per heavy atom. The summed E-state index contributed by atoms with van der Waals surface area (Å²) >= 11 is 0. The second kappa shape index (κ2) is 6.39. The molecule has 0 bridgehead atoms. The molecule has 0 saturated carbocycles. The van der Waals surface area contributed by atoms with Gasteiger partial charge in [0.1, 0.15) is 18.3 Å². The van der Waals surface area contributed by atoms with Crippen LogP contribution in [0.15, 0.2) is 29.2 Å². The van der Waals surface area contributed by atoms with Crippen LogP contribution in [0.4, 0.5) is 5.69 Å². The highest BCUT2D eigenvalue weighted by molar-refractivity contribution is 7.89. The first kappa shape index (κ1) is 17.6. The van der Waals surface area contributed by atoms with Crippen molar-refractivity contribution < 1.29 is 38.4 Å². The summed E-state index contributed by atoms with van der Waals surface area (Å²) in [4.78, 5) is 10.9. The molecule has 0 aliphatic carbocycles. The number of carboxylic acid groups (broad SMARTS) is 1. The van der Waals surface area contributed by atoms with E-state index in [9.17, 15) is 28.5 Å². The maximum atomic E-state index is 11.1. The molecule has 1 aliphatic rings. The van der Waals surface area contributed by atoms with Crippen LogP contribution in [-0.4, -0.2) is 65.5 Å². The first-order chi connectivity index (χ1) is 10.6. The minimum absolute atomic E-state index is 0.132. The molecule has 0 aromatic heterocycles. The lowest BCUT2D eigenvalue weighted by Gasteiger charge is -2.39. The number of rotatable bonds is 4. The Kier molecular flexibility index (Phi) is 4.89. The monoisotopic (exact) mass is 348 g/mol. The van der Waals surface area contributed by atoms with E-state index in [1.807, 2.05) is 0 Å². The Bertz CT molecular complexity index is 677. The SMILES string of the molecule is NS(=O)(=O)c1ccc(NC2OC(C(=O)O)C(O)C(O)C2O)cc1. The molecule has 5 unspecified atom stereocenters. The topological polar surface area (TPSA) is 179 Å². The first-order valence-corrected chi connectivity index (χ1v) is 7.98. The van der Waals surface area contributed by atoms with Crippen LogP contribution in [0.3, 0.4) is 0 Å². The molecule has 11 heteroatoms. The molecule has 0 radical (unpaired) electrons. The van der Waals surface area contributed by atoms with Crippen LogP contribution in [0.5, 0.6) is 0 Å². The molecule has 23 heavy (non-hydrogen) atoms. The zero-order valence-electron chi connectivity index (χ0n) is 11.6. The quantitative estimate of drug-likeness (QED) is 0.347. The lowest BCUT2D eigenvalue weighted by Crippen LogP contribution is -2.61. The summed E-state index contributed by atoms with van der Waals surface area (Å²) in [6, 6.07) is 5.05. The number of hydrogen-bond acceptors (Lipinski definition) is 8. The van der Waals surface area contributed by atoms with Gasteiger partial charge in [0.15, 0.2) is 12.3 Å². The normalized spacial score (nSPS) is 31.6. The van der Waals surface area contributed by atoms with Gasteiger partial charge < -0.3 is 30.5 Å². The van der Waals surface area contributed by atoms with E-state index < -0.39 is 46.6 Å². The zero-order chi connectivity index (χ0) is 17.4. The number of carboxylic acids is 1. The van der Waals surface area contributed by atoms with Gasteiger partial charge >= 0.3 is 5.97 Å². The molecule has 1 aliphatic heterocycles. The van der Waals surface area contributed by atoms with Crippen LogP contribution >= 0.6 is 0 Å². The van der Waals surface area contributed by atoms with E-state index in [2.05, 4.69) is 5.32 Å². The van der Waals surface area contributed by atoms with Gasteiger partial charge in [0.05, 0.1) is 4.90 Å². The van der Waals surface area contributed by atoms with E-state index in [1.165, 1.54) is 24.3 Å². The number of carbonyl (C=O) groups is 1. The standard InChI is InChI=1S/C12H16N2O8S/c13-23(20,21)6-3-1-5(2-4-6)14-11-9(17)7(15)8(16)10(22-11)12(18)19/h1-4,7-11,14-17H,(H,18,19)(H2,13,20,21). The summed E-state index contributed by atoms with van der Waals surface area (Å²) in [6.45, 7) is 0. The van der Waals surface area contributed by atoms with E-state index in [1.54, 1.807) is 0 Å². The van der Waals surface area contributed by atoms with E-state index in [0.717, 1.165) is 0 Å². The number of nitrogens with two attached hydrogens (primary N) is 1. The van der Waals surface area contributed by atoms with Crippen LogP contribution in [-0.2, 0) is 19.6 Å². The van der Waals surface area contributed by atoms with Crippen LogP contribution in [0.1, 0.15) is 0 Å². The van der Waals surface area contributed by atoms with Crippen molar-refractivity contribution in [3.05, 3.63) is 24.3 Å². The molecule has 128 valence electrons. The van der Waals surface area contributed by atoms with Gasteiger partial charge in [0, 0.05) is 5.69 Å². The number of sulfonamides is 1. The van der Waals surface area contributed by atoms with Crippen LogP contribution in [0.25, 0.3) is 0 Å². The highest BCUT2D eigenvalue weighted by Gasteiger charge is 2.46. The Morgan fingerprint density at radius 1 is 1.09 bits per heavy atom. The molecule has 5 atom stereocenters. The number of aliphatic hydroxyl groups excluding tert-OH is 3. The van der Waals surface area contributed by atoms with Gasteiger partial charge in [0.25, 0.3) is 0 Å². The third-order valence-corrected chi connectivity index (χ3v) is 4.28. The van der Waals surface area contributed by atoms with Crippen molar-refractivity contribution in [2.75, 3.05) is 5.32 Å². The Hall–Kier alpha value is -1.76. The molecule has 1 heterocycles. The molecule has 7 N–H and O–H groups in total. The first-order valence-electron chi connectivity index (χ1n) is 6.43. The molecular weight excluding hydrogens is 332 g/mol. The van der Waals surface area contributed by atoms with Crippen LogP contribution in [0.2, 0.25) is 0 Å². The van der Waals surface area contributed by atoms with E-state index >= 15 is 0 Å². The highest BCUT2D eigenvalue weighted by atomic mass is 32.2. The number of benzene rings is 1. The maximum absolute atomic E-state index is 11.1. The molecule has 1 aromatic rings. The summed E-state index contributed by atoms with van der Waals surface area (Å²) in [6.07, 6.45) is -8.17. The van der Waals surface area contributed by atoms with Crippen molar-refractivity contribution in [3.63, 3.8) is 0 Å². The fraction of sp³-hybridized carbons (Fsp3) is 0.417. The summed E-state index contributed by atoms with van der Waals surface area (Å²) in [5.74, 6) is -1.50. The second-order valence-electron chi connectivity index (χ2n) is 5.00. The largest absolute Gasteiger partial charge is 0.479 e. The summed E-state index contributed by atoms with van der Waals surface area (Å²) in [5.41, 5.74) is 0.286. The van der Waals surface area contributed by atoms with Gasteiger partial charge in [0.2, 0.25) is 10.0 Å². The van der Waals surface area contributed by atoms with Gasteiger partial charge in [-0.15, -0.1) is 0 Å².